The first kappa shape index (κ1) is 32.6. The minimum atomic E-state index is -2.90. The van der Waals surface area contributed by atoms with E-state index in [-0.39, 0.29) is 23.6 Å². The topological polar surface area (TPSA) is 103 Å². The van der Waals surface area contributed by atoms with Gasteiger partial charge in [0.25, 0.3) is 5.89 Å². The van der Waals surface area contributed by atoms with Gasteiger partial charge >= 0.3 is 6.43 Å². The number of anilines is 1. The number of likely N-dealkylation sites (N-methyl/N-ethyl adjacent to an activating group) is 1. The van der Waals surface area contributed by atoms with Crippen LogP contribution in [0.2, 0.25) is 0 Å². The van der Waals surface area contributed by atoms with Crippen molar-refractivity contribution in [1.82, 2.24) is 24.9 Å². The van der Waals surface area contributed by atoms with E-state index in [1.54, 1.807) is 0 Å². The zero-order chi connectivity index (χ0) is 31.0. The summed E-state index contributed by atoms with van der Waals surface area (Å²) in [6.45, 7) is 9.69. The van der Waals surface area contributed by atoms with Gasteiger partial charge in [-0.15, -0.1) is 10.2 Å². The Morgan fingerprint density at radius 2 is 1.63 bits per heavy atom. The number of hydrogen-bond donors (Lipinski definition) is 0. The maximum atomic E-state index is 14.7. The minimum Gasteiger partial charge on any atom is -0.415 e. The molecule has 10 nitrogen and oxygen atoms in total. The fourth-order valence-corrected chi connectivity index (χ4v) is 6.12. The average molecular weight is 623 g/mol. The summed E-state index contributed by atoms with van der Waals surface area (Å²) in [6, 6.07) is 11.7. The zero-order valence-corrected chi connectivity index (χ0v) is 25.1. The highest BCUT2D eigenvalue weighted by molar-refractivity contribution is 7.91. The maximum Gasteiger partial charge on any atom is 0.314 e. The summed E-state index contributed by atoms with van der Waals surface area (Å²) in [5, 5.41) is 6.77. The van der Waals surface area contributed by atoms with E-state index in [9.17, 15) is 26.4 Å². The molecule has 2 saturated heterocycles. The molecule has 5 rings (SSSR count). The zero-order valence-electron chi connectivity index (χ0n) is 24.3. The molecule has 0 aliphatic carbocycles. The third-order valence-electron chi connectivity index (χ3n) is 7.55. The molecule has 43 heavy (non-hydrogen) atoms. The molecule has 0 saturated carbocycles. The number of carbonyl (C=O) groups excluding carboxylic acids is 1. The van der Waals surface area contributed by atoms with Crippen LogP contribution < -0.4 is 4.90 Å². The lowest BCUT2D eigenvalue weighted by molar-refractivity contribution is -0.107. The Morgan fingerprint density at radius 1 is 0.977 bits per heavy atom. The summed E-state index contributed by atoms with van der Waals surface area (Å²) in [5.41, 5.74) is 2.25. The Labute approximate surface area is 250 Å². The van der Waals surface area contributed by atoms with Gasteiger partial charge in [-0.1, -0.05) is 25.1 Å². The molecule has 0 spiro atoms. The second-order valence-corrected chi connectivity index (χ2v) is 12.9. The molecule has 3 aromatic rings. The number of hydrogen-bond acceptors (Lipinski definition) is 9. The van der Waals surface area contributed by atoms with E-state index in [0.29, 0.717) is 36.7 Å². The van der Waals surface area contributed by atoms with Crippen LogP contribution in [0.15, 0.2) is 46.9 Å². The average Bonchev–Trinajstić information content (AvgIpc) is 3.50. The van der Waals surface area contributed by atoms with Gasteiger partial charge in [-0.25, -0.2) is 12.8 Å². The summed E-state index contributed by atoms with van der Waals surface area (Å²) in [7, 11) is -0.718. The number of rotatable bonds is 9. The van der Waals surface area contributed by atoms with Crippen LogP contribution in [0.3, 0.4) is 0 Å². The van der Waals surface area contributed by atoms with Crippen LogP contribution in [0.4, 0.5) is 18.9 Å². The molecule has 0 atom stereocenters. The van der Waals surface area contributed by atoms with Crippen LogP contribution in [0.5, 0.6) is 0 Å². The van der Waals surface area contributed by atoms with Crippen molar-refractivity contribution < 1.29 is 30.8 Å². The van der Waals surface area contributed by atoms with Crippen LogP contribution in [0, 0.1) is 5.82 Å². The number of benzene rings is 2. The number of carbonyl (C=O) groups is 1. The van der Waals surface area contributed by atoms with Gasteiger partial charge < -0.3 is 19.1 Å². The fraction of sp³-hybridized carbons (Fsp3) is 0.483. The van der Waals surface area contributed by atoms with Gasteiger partial charge in [-0.3, -0.25) is 9.69 Å². The lowest BCUT2D eigenvalue weighted by Gasteiger charge is -2.34. The second-order valence-electron chi connectivity index (χ2n) is 10.6. The smallest absolute Gasteiger partial charge is 0.314 e. The SMILES string of the molecule is CCN1CCN(Cc2ccc(N(C=O)Cc3ccc(-c4nnc(C(F)F)o4)cc3F)cc2)CC1.CN1CCS(=O)(=O)CC1. The molecule has 0 unspecified atom stereocenters. The molecule has 0 N–H and O–H groups in total. The standard InChI is InChI=1S/C24H26F3N5O2.C5H11NO2S/c1-2-30-9-11-31(12-10-30)14-17-3-7-20(8-4-17)32(16-33)15-19-6-5-18(13-21(19)25)23-28-29-24(34-23)22(26)27;1-6-2-4-9(7,8)5-3-6/h3-8,13,16,22H,2,9-12,14-15H2,1H3;2-5H2,1H3. The molecule has 2 aliphatic heterocycles. The largest absolute Gasteiger partial charge is 0.415 e. The number of amides is 1. The number of alkyl halides is 2. The first-order valence-corrected chi connectivity index (χ1v) is 15.9. The Bertz CT molecular complexity index is 1430. The normalized spacial score (nSPS) is 17.8. The van der Waals surface area contributed by atoms with E-state index < -0.39 is 28.0 Å². The summed E-state index contributed by atoms with van der Waals surface area (Å²) in [5.74, 6) is -0.950. The van der Waals surface area contributed by atoms with E-state index in [2.05, 4.69) is 26.9 Å². The monoisotopic (exact) mass is 622 g/mol. The minimum absolute atomic E-state index is 0.0139. The Kier molecular flexibility index (Phi) is 11.3. The molecule has 234 valence electrons. The number of piperazine rings is 1. The van der Waals surface area contributed by atoms with Gasteiger partial charge in [0, 0.05) is 62.6 Å². The molecule has 0 bridgehead atoms. The predicted octanol–water partition coefficient (Wildman–Crippen LogP) is 3.46. The third-order valence-corrected chi connectivity index (χ3v) is 9.16. The molecular weight excluding hydrogens is 585 g/mol. The quantitative estimate of drug-likeness (QED) is 0.332. The Morgan fingerprint density at radius 3 is 2.16 bits per heavy atom. The molecule has 2 fully saturated rings. The van der Waals surface area contributed by atoms with Crippen molar-refractivity contribution in [3.8, 4) is 11.5 Å². The van der Waals surface area contributed by atoms with E-state index in [1.165, 1.54) is 17.0 Å². The van der Waals surface area contributed by atoms with Gasteiger partial charge in [0.2, 0.25) is 12.3 Å². The Balaban J connectivity index is 0.000000403. The molecule has 2 aliphatic rings. The molecule has 1 amide bonds. The van der Waals surface area contributed by atoms with Gasteiger partial charge in [-0.2, -0.15) is 8.78 Å². The first-order chi connectivity index (χ1) is 20.6. The van der Waals surface area contributed by atoms with Crippen LogP contribution in [0.1, 0.15) is 30.4 Å². The number of nitrogens with zero attached hydrogens (tertiary/aromatic N) is 6. The third kappa shape index (κ3) is 9.33. The van der Waals surface area contributed by atoms with Crippen LogP contribution >= 0.6 is 0 Å². The highest BCUT2D eigenvalue weighted by Gasteiger charge is 2.20. The first-order valence-electron chi connectivity index (χ1n) is 14.1. The van der Waals surface area contributed by atoms with E-state index in [0.717, 1.165) is 50.9 Å². The van der Waals surface area contributed by atoms with Gasteiger partial charge in [0.15, 0.2) is 9.84 Å². The lowest BCUT2D eigenvalue weighted by atomic mass is 10.1. The lowest BCUT2D eigenvalue weighted by Crippen LogP contribution is -2.45. The van der Waals surface area contributed by atoms with Gasteiger partial charge in [0.1, 0.15) is 5.82 Å². The van der Waals surface area contributed by atoms with Gasteiger partial charge in [-0.05, 0) is 43.4 Å². The maximum absolute atomic E-state index is 14.7. The van der Waals surface area contributed by atoms with Crippen molar-refractivity contribution in [2.45, 2.75) is 26.4 Å². The number of sulfone groups is 1. The highest BCUT2D eigenvalue weighted by atomic mass is 32.2. The number of aromatic nitrogens is 2. The summed E-state index contributed by atoms with van der Waals surface area (Å²) < 4.78 is 66.4. The molecule has 0 radical (unpaired) electrons. The predicted molar refractivity (Wildman–Crippen MR) is 157 cm³/mol. The molecular formula is C29H37F3N6O4S. The van der Waals surface area contributed by atoms with Crippen molar-refractivity contribution >= 4 is 21.9 Å². The summed E-state index contributed by atoms with van der Waals surface area (Å²) in [4.78, 5) is 20.0. The Hall–Kier alpha value is -3.33. The van der Waals surface area contributed by atoms with Crippen molar-refractivity contribution in [3.63, 3.8) is 0 Å². The fourth-order valence-electron chi connectivity index (χ4n) is 4.74. The van der Waals surface area contributed by atoms with Crippen molar-refractivity contribution in [2.75, 3.05) is 69.3 Å². The van der Waals surface area contributed by atoms with E-state index >= 15 is 0 Å². The van der Waals surface area contributed by atoms with Crippen molar-refractivity contribution in [1.29, 1.82) is 0 Å². The van der Waals surface area contributed by atoms with E-state index in [4.69, 9.17) is 4.42 Å². The second kappa shape index (κ2) is 14.9. The summed E-state index contributed by atoms with van der Waals surface area (Å²) in [6.07, 6.45) is -2.25. The van der Waals surface area contributed by atoms with Crippen LogP contribution in [-0.4, -0.2) is 104 Å². The van der Waals surface area contributed by atoms with Crippen LogP contribution in [-0.2, 0) is 27.7 Å². The number of halogens is 3. The van der Waals surface area contributed by atoms with Crippen molar-refractivity contribution in [2.24, 2.45) is 0 Å². The van der Waals surface area contributed by atoms with Crippen LogP contribution in [0.25, 0.3) is 11.5 Å². The molecule has 3 heterocycles. The van der Waals surface area contributed by atoms with E-state index in [1.807, 2.05) is 36.2 Å². The van der Waals surface area contributed by atoms with Gasteiger partial charge in [0.05, 0.1) is 18.1 Å². The van der Waals surface area contributed by atoms with Crippen molar-refractivity contribution in [3.05, 3.63) is 65.3 Å². The summed E-state index contributed by atoms with van der Waals surface area (Å²) >= 11 is 0. The highest BCUT2D eigenvalue weighted by Crippen LogP contribution is 2.26. The molecule has 14 heteroatoms. The molecule has 1 aromatic heterocycles. The molecule has 2 aromatic carbocycles.